The van der Waals surface area contributed by atoms with Crippen LogP contribution in [0.1, 0.15) is 33.6 Å². The number of nitrogens with two attached hydrogens (primary N) is 1. The van der Waals surface area contributed by atoms with Gasteiger partial charge in [0.2, 0.25) is 0 Å². The molecular weight excluding hydrogens is 290 g/mol. The first kappa shape index (κ1) is 15.9. The van der Waals surface area contributed by atoms with Gasteiger partial charge in [-0.1, -0.05) is 12.1 Å². The number of carbonyl (C=O) groups is 2. The van der Waals surface area contributed by atoms with Gasteiger partial charge in [-0.15, -0.1) is 12.4 Å². The quantitative estimate of drug-likeness (QED) is 0.847. The van der Waals surface area contributed by atoms with Crippen molar-refractivity contribution in [3.63, 3.8) is 0 Å². The van der Waals surface area contributed by atoms with E-state index in [9.17, 15) is 9.59 Å². The van der Waals surface area contributed by atoms with Gasteiger partial charge in [0.1, 0.15) is 0 Å². The molecule has 2 N–H and O–H groups in total. The fourth-order valence-corrected chi connectivity index (χ4v) is 3.13. The van der Waals surface area contributed by atoms with Gasteiger partial charge in [0.05, 0.1) is 11.1 Å². The SMILES string of the molecule is Cl.NCC1CCCN1CCN1C(=O)c2ccccc2C1=O. The van der Waals surface area contributed by atoms with Crippen molar-refractivity contribution in [2.75, 3.05) is 26.2 Å². The second-order valence-electron chi connectivity index (χ2n) is 5.38. The molecule has 2 aliphatic heterocycles. The molecule has 6 heteroatoms. The first-order valence-corrected chi connectivity index (χ1v) is 7.11. The number of imide groups is 1. The van der Waals surface area contributed by atoms with E-state index in [1.54, 1.807) is 24.3 Å². The van der Waals surface area contributed by atoms with Gasteiger partial charge >= 0.3 is 0 Å². The molecule has 1 atom stereocenters. The van der Waals surface area contributed by atoms with Crippen LogP contribution in [-0.4, -0.2) is 53.8 Å². The summed E-state index contributed by atoms with van der Waals surface area (Å²) < 4.78 is 0. The highest BCUT2D eigenvalue weighted by Crippen LogP contribution is 2.23. The second kappa shape index (κ2) is 6.56. The van der Waals surface area contributed by atoms with Crippen LogP contribution in [0, 0.1) is 0 Å². The summed E-state index contributed by atoms with van der Waals surface area (Å²) in [4.78, 5) is 28.1. The lowest BCUT2D eigenvalue weighted by Gasteiger charge is -2.25. The maximum atomic E-state index is 12.2. The van der Waals surface area contributed by atoms with Crippen molar-refractivity contribution in [2.45, 2.75) is 18.9 Å². The average Bonchev–Trinajstić information content (AvgIpc) is 3.02. The molecule has 0 spiro atoms. The molecule has 5 nitrogen and oxygen atoms in total. The molecule has 3 rings (SSSR count). The van der Waals surface area contributed by atoms with Crippen LogP contribution in [0.15, 0.2) is 24.3 Å². The molecule has 0 aromatic heterocycles. The van der Waals surface area contributed by atoms with Crippen molar-refractivity contribution in [3.8, 4) is 0 Å². The molecule has 1 unspecified atom stereocenters. The standard InChI is InChI=1S/C15H19N3O2.ClH/c16-10-11-4-3-7-17(11)8-9-18-14(19)12-5-1-2-6-13(12)15(18)20;/h1-2,5-6,11H,3-4,7-10,16H2;1H. The minimum atomic E-state index is -0.172. The molecule has 0 aliphatic carbocycles. The van der Waals surface area contributed by atoms with Gasteiger partial charge in [-0.25, -0.2) is 0 Å². The Morgan fingerprint density at radius 2 is 1.71 bits per heavy atom. The summed E-state index contributed by atoms with van der Waals surface area (Å²) in [5, 5.41) is 0. The molecule has 1 aromatic rings. The third kappa shape index (κ3) is 2.81. The maximum absolute atomic E-state index is 12.2. The zero-order valence-electron chi connectivity index (χ0n) is 11.8. The van der Waals surface area contributed by atoms with E-state index in [2.05, 4.69) is 4.90 Å². The average molecular weight is 310 g/mol. The van der Waals surface area contributed by atoms with Crippen LogP contribution in [0.25, 0.3) is 0 Å². The number of fused-ring (bicyclic) bond motifs is 1. The van der Waals surface area contributed by atoms with E-state index in [-0.39, 0.29) is 24.2 Å². The minimum Gasteiger partial charge on any atom is -0.329 e. The number of halogens is 1. The summed E-state index contributed by atoms with van der Waals surface area (Å²) in [7, 11) is 0. The molecule has 0 bridgehead atoms. The van der Waals surface area contributed by atoms with Crippen LogP contribution < -0.4 is 5.73 Å². The Morgan fingerprint density at radius 3 is 2.29 bits per heavy atom. The molecular formula is C15H20ClN3O2. The highest BCUT2D eigenvalue weighted by Gasteiger charge is 2.35. The summed E-state index contributed by atoms with van der Waals surface area (Å²) in [6, 6.07) is 7.41. The van der Waals surface area contributed by atoms with Crippen molar-refractivity contribution in [2.24, 2.45) is 5.73 Å². The predicted octanol–water partition coefficient (Wildman–Crippen LogP) is 1.13. The van der Waals surface area contributed by atoms with Gasteiger partial charge in [0.25, 0.3) is 11.8 Å². The van der Waals surface area contributed by atoms with Gasteiger partial charge in [-0.2, -0.15) is 0 Å². The molecule has 2 amide bonds. The fraction of sp³-hybridized carbons (Fsp3) is 0.467. The zero-order valence-corrected chi connectivity index (χ0v) is 12.6. The fourth-order valence-electron chi connectivity index (χ4n) is 3.13. The van der Waals surface area contributed by atoms with Crippen molar-refractivity contribution >= 4 is 24.2 Å². The van der Waals surface area contributed by atoms with E-state index in [0.29, 0.717) is 36.8 Å². The molecule has 0 radical (unpaired) electrons. The minimum absolute atomic E-state index is 0. The first-order chi connectivity index (χ1) is 9.72. The Balaban J connectivity index is 0.00000161. The summed E-state index contributed by atoms with van der Waals surface area (Å²) in [6.45, 7) is 2.81. The number of benzene rings is 1. The lowest BCUT2D eigenvalue weighted by molar-refractivity contribution is 0.0634. The zero-order chi connectivity index (χ0) is 14.1. The lowest BCUT2D eigenvalue weighted by atomic mass is 10.1. The Bertz CT molecular complexity index is 514. The first-order valence-electron chi connectivity index (χ1n) is 7.11. The van der Waals surface area contributed by atoms with Crippen LogP contribution in [-0.2, 0) is 0 Å². The van der Waals surface area contributed by atoms with E-state index in [1.807, 2.05) is 0 Å². The summed E-state index contributed by atoms with van der Waals surface area (Å²) in [5.74, 6) is -0.344. The highest BCUT2D eigenvalue weighted by molar-refractivity contribution is 6.21. The molecule has 1 fully saturated rings. The van der Waals surface area contributed by atoms with Crippen molar-refractivity contribution in [1.82, 2.24) is 9.80 Å². The topological polar surface area (TPSA) is 66.6 Å². The summed E-state index contributed by atoms with van der Waals surface area (Å²) in [6.07, 6.45) is 2.25. The van der Waals surface area contributed by atoms with Crippen molar-refractivity contribution in [3.05, 3.63) is 35.4 Å². The molecule has 114 valence electrons. The summed E-state index contributed by atoms with van der Waals surface area (Å²) in [5.41, 5.74) is 6.79. The van der Waals surface area contributed by atoms with Crippen LogP contribution in [0.3, 0.4) is 0 Å². The Hall–Kier alpha value is -1.43. The number of rotatable bonds is 4. The molecule has 2 aliphatic rings. The van der Waals surface area contributed by atoms with Crippen LogP contribution in [0.2, 0.25) is 0 Å². The van der Waals surface area contributed by atoms with Gasteiger partial charge in [0, 0.05) is 25.7 Å². The van der Waals surface area contributed by atoms with Crippen molar-refractivity contribution < 1.29 is 9.59 Å². The molecule has 1 aromatic carbocycles. The number of hydrogen-bond donors (Lipinski definition) is 1. The Morgan fingerprint density at radius 1 is 1.10 bits per heavy atom. The number of amides is 2. The van der Waals surface area contributed by atoms with E-state index >= 15 is 0 Å². The predicted molar refractivity (Wildman–Crippen MR) is 82.7 cm³/mol. The van der Waals surface area contributed by atoms with Gasteiger partial charge < -0.3 is 5.73 Å². The van der Waals surface area contributed by atoms with Crippen LogP contribution in [0.4, 0.5) is 0 Å². The number of nitrogens with zero attached hydrogens (tertiary/aromatic N) is 2. The van der Waals surface area contributed by atoms with Gasteiger partial charge in [0.15, 0.2) is 0 Å². The number of hydrogen-bond acceptors (Lipinski definition) is 4. The monoisotopic (exact) mass is 309 g/mol. The Labute approximate surface area is 130 Å². The van der Waals surface area contributed by atoms with E-state index in [4.69, 9.17) is 5.73 Å². The normalized spacial score (nSPS) is 21.6. The third-order valence-electron chi connectivity index (χ3n) is 4.26. The van der Waals surface area contributed by atoms with E-state index in [0.717, 1.165) is 19.4 Å². The number of likely N-dealkylation sites (tertiary alicyclic amines) is 1. The summed E-state index contributed by atoms with van der Waals surface area (Å²) >= 11 is 0. The lowest BCUT2D eigenvalue weighted by Crippen LogP contribution is -2.42. The van der Waals surface area contributed by atoms with E-state index in [1.165, 1.54) is 4.90 Å². The molecule has 0 saturated carbocycles. The maximum Gasteiger partial charge on any atom is 0.261 e. The largest absolute Gasteiger partial charge is 0.329 e. The highest BCUT2D eigenvalue weighted by atomic mass is 35.5. The van der Waals surface area contributed by atoms with E-state index < -0.39 is 0 Å². The smallest absolute Gasteiger partial charge is 0.261 e. The van der Waals surface area contributed by atoms with Crippen LogP contribution >= 0.6 is 12.4 Å². The van der Waals surface area contributed by atoms with Gasteiger partial charge in [-0.3, -0.25) is 19.4 Å². The Kier molecular flexibility index (Phi) is 4.98. The molecule has 2 heterocycles. The third-order valence-corrected chi connectivity index (χ3v) is 4.26. The molecule has 21 heavy (non-hydrogen) atoms. The molecule has 1 saturated heterocycles. The van der Waals surface area contributed by atoms with Gasteiger partial charge in [-0.05, 0) is 31.5 Å². The second-order valence-corrected chi connectivity index (χ2v) is 5.38. The van der Waals surface area contributed by atoms with Crippen molar-refractivity contribution in [1.29, 1.82) is 0 Å². The van der Waals surface area contributed by atoms with Crippen LogP contribution in [0.5, 0.6) is 0 Å². The number of carbonyl (C=O) groups excluding carboxylic acids is 2.